The van der Waals surface area contributed by atoms with E-state index >= 15 is 0 Å². The van der Waals surface area contributed by atoms with Gasteiger partial charge < -0.3 is 15.2 Å². The van der Waals surface area contributed by atoms with Crippen LogP contribution < -0.4 is 5.32 Å². The van der Waals surface area contributed by atoms with Gasteiger partial charge in [0.25, 0.3) is 0 Å². The highest BCUT2D eigenvalue weighted by Gasteiger charge is 2.25. The van der Waals surface area contributed by atoms with Crippen LogP contribution in [0.1, 0.15) is 25.5 Å². The third kappa shape index (κ3) is 4.47. The van der Waals surface area contributed by atoms with Gasteiger partial charge in [-0.1, -0.05) is 30.3 Å². The Morgan fingerprint density at radius 1 is 1.24 bits per heavy atom. The predicted octanol–water partition coefficient (Wildman–Crippen LogP) is 1.99. The first-order valence-electron chi connectivity index (χ1n) is 8.76. The van der Waals surface area contributed by atoms with E-state index < -0.39 is 0 Å². The molecule has 1 saturated heterocycles. The second kappa shape index (κ2) is 7.96. The van der Waals surface area contributed by atoms with E-state index in [0.29, 0.717) is 19.6 Å². The number of amides is 2. The molecule has 1 aliphatic heterocycles. The topological polar surface area (TPSA) is 78.1 Å². The summed E-state index contributed by atoms with van der Waals surface area (Å²) in [5.41, 5.74) is 2.06. The Balaban J connectivity index is 1.43. The number of rotatable bonds is 5. The summed E-state index contributed by atoms with van der Waals surface area (Å²) >= 11 is 0. The van der Waals surface area contributed by atoms with Gasteiger partial charge in [-0.3, -0.25) is 9.59 Å². The summed E-state index contributed by atoms with van der Waals surface area (Å²) in [6, 6.07) is 9.96. The van der Waals surface area contributed by atoms with Gasteiger partial charge in [-0.2, -0.15) is 0 Å². The van der Waals surface area contributed by atoms with E-state index in [9.17, 15) is 9.59 Å². The minimum Gasteiger partial charge on any atom is -0.355 e. The molecule has 0 bridgehead atoms. The number of carbonyl (C=O) groups is 2. The molecule has 0 radical (unpaired) electrons. The lowest BCUT2D eigenvalue weighted by Crippen LogP contribution is -2.42. The van der Waals surface area contributed by atoms with E-state index in [-0.39, 0.29) is 17.7 Å². The van der Waals surface area contributed by atoms with Gasteiger partial charge in [0.05, 0.1) is 0 Å². The number of likely N-dealkylation sites (tertiary alicyclic amines) is 1. The van der Waals surface area contributed by atoms with Gasteiger partial charge in [-0.05, 0) is 12.8 Å². The largest absolute Gasteiger partial charge is 0.355 e. The van der Waals surface area contributed by atoms with E-state index in [1.165, 1.54) is 0 Å². The maximum Gasteiger partial charge on any atom is 0.223 e. The van der Waals surface area contributed by atoms with E-state index in [2.05, 4.69) is 15.3 Å². The van der Waals surface area contributed by atoms with Crippen LogP contribution in [0.4, 0.5) is 0 Å². The number of benzene rings is 1. The average molecular weight is 340 g/mol. The number of hydrogen-bond acceptors (Lipinski definition) is 3. The molecule has 1 aromatic heterocycles. The zero-order chi connectivity index (χ0) is 17.6. The van der Waals surface area contributed by atoms with Crippen molar-refractivity contribution < 1.29 is 9.59 Å². The van der Waals surface area contributed by atoms with Gasteiger partial charge in [0.2, 0.25) is 11.8 Å². The Morgan fingerprint density at radius 3 is 2.64 bits per heavy atom. The lowest BCUT2D eigenvalue weighted by atomic mass is 9.96. The van der Waals surface area contributed by atoms with Gasteiger partial charge in [0, 0.05) is 56.4 Å². The molecule has 1 aliphatic rings. The molecule has 2 aromatic rings. The quantitative estimate of drug-likeness (QED) is 0.874. The molecule has 0 spiro atoms. The smallest absolute Gasteiger partial charge is 0.223 e. The molecule has 3 rings (SSSR count). The number of aromatic nitrogens is 2. The van der Waals surface area contributed by atoms with Crippen LogP contribution in [0, 0.1) is 5.92 Å². The zero-order valence-corrected chi connectivity index (χ0v) is 14.5. The molecule has 1 aromatic carbocycles. The van der Waals surface area contributed by atoms with Crippen molar-refractivity contribution in [1.82, 2.24) is 20.2 Å². The standard InChI is InChI=1S/C19H24N4O2/c1-14(24)23-11-8-16(9-12-23)19(25)20-10-7-17-13-21-18(22-17)15-5-3-2-4-6-15/h2-6,13,16H,7-12H2,1H3,(H,20,25)(H,21,22). The van der Waals surface area contributed by atoms with Crippen molar-refractivity contribution in [3.8, 4) is 11.4 Å². The Hall–Kier alpha value is -2.63. The van der Waals surface area contributed by atoms with Crippen molar-refractivity contribution in [2.75, 3.05) is 19.6 Å². The summed E-state index contributed by atoms with van der Waals surface area (Å²) in [5, 5.41) is 3.00. The second-order valence-electron chi connectivity index (χ2n) is 6.44. The Morgan fingerprint density at radius 2 is 1.96 bits per heavy atom. The minimum absolute atomic E-state index is 0.0113. The van der Waals surface area contributed by atoms with E-state index in [1.807, 2.05) is 36.5 Å². The van der Waals surface area contributed by atoms with Crippen molar-refractivity contribution in [2.24, 2.45) is 5.92 Å². The van der Waals surface area contributed by atoms with Crippen LogP contribution >= 0.6 is 0 Å². The molecule has 132 valence electrons. The molecule has 6 nitrogen and oxygen atoms in total. The first-order chi connectivity index (χ1) is 12.1. The Kier molecular flexibility index (Phi) is 5.48. The van der Waals surface area contributed by atoms with Gasteiger partial charge in [0.1, 0.15) is 5.82 Å². The van der Waals surface area contributed by atoms with Gasteiger partial charge in [0.15, 0.2) is 0 Å². The highest BCUT2D eigenvalue weighted by atomic mass is 16.2. The monoisotopic (exact) mass is 340 g/mol. The van der Waals surface area contributed by atoms with Gasteiger partial charge >= 0.3 is 0 Å². The lowest BCUT2D eigenvalue weighted by Gasteiger charge is -2.30. The number of imidazole rings is 1. The minimum atomic E-state index is 0.0113. The summed E-state index contributed by atoms with van der Waals surface area (Å²) in [7, 11) is 0. The first-order valence-corrected chi connectivity index (χ1v) is 8.76. The van der Waals surface area contributed by atoms with E-state index in [4.69, 9.17) is 0 Å². The highest BCUT2D eigenvalue weighted by Crippen LogP contribution is 2.17. The molecule has 25 heavy (non-hydrogen) atoms. The maximum absolute atomic E-state index is 12.3. The van der Waals surface area contributed by atoms with Gasteiger partial charge in [-0.25, -0.2) is 4.98 Å². The van der Waals surface area contributed by atoms with Gasteiger partial charge in [-0.15, -0.1) is 0 Å². The number of nitrogens with one attached hydrogen (secondary N) is 2. The normalized spacial score (nSPS) is 15.2. The third-order valence-electron chi connectivity index (χ3n) is 4.68. The van der Waals surface area contributed by atoms with Crippen LogP contribution in [0.3, 0.4) is 0 Å². The Bertz CT molecular complexity index is 718. The molecule has 0 atom stereocenters. The molecular formula is C19H24N4O2. The van der Waals surface area contributed by atoms with Crippen molar-refractivity contribution in [2.45, 2.75) is 26.2 Å². The molecule has 0 saturated carbocycles. The SMILES string of the molecule is CC(=O)N1CCC(C(=O)NCCc2cnc(-c3ccccc3)[nH]2)CC1. The molecule has 0 aliphatic carbocycles. The summed E-state index contributed by atoms with van der Waals surface area (Å²) in [5.74, 6) is 1.04. The third-order valence-corrected chi connectivity index (χ3v) is 4.68. The maximum atomic E-state index is 12.3. The summed E-state index contributed by atoms with van der Waals surface area (Å²) < 4.78 is 0. The average Bonchev–Trinajstić information content (AvgIpc) is 3.11. The molecule has 6 heteroatoms. The Labute approximate surface area is 147 Å². The van der Waals surface area contributed by atoms with E-state index in [0.717, 1.165) is 36.3 Å². The van der Waals surface area contributed by atoms with Crippen LogP contribution in [-0.4, -0.2) is 46.3 Å². The number of aromatic amines is 1. The molecule has 1 fully saturated rings. The highest BCUT2D eigenvalue weighted by molar-refractivity contribution is 5.79. The van der Waals surface area contributed by atoms with Crippen LogP contribution in [0.2, 0.25) is 0 Å². The van der Waals surface area contributed by atoms with Crippen molar-refractivity contribution in [3.63, 3.8) is 0 Å². The van der Waals surface area contributed by atoms with Crippen LogP contribution in [0.5, 0.6) is 0 Å². The lowest BCUT2D eigenvalue weighted by molar-refractivity contribution is -0.133. The zero-order valence-electron chi connectivity index (χ0n) is 14.5. The first kappa shape index (κ1) is 17.2. The molecule has 2 amide bonds. The summed E-state index contributed by atoms with van der Waals surface area (Å²) in [6.45, 7) is 3.51. The fourth-order valence-corrected chi connectivity index (χ4v) is 3.15. The number of nitrogens with zero attached hydrogens (tertiary/aromatic N) is 2. The molecule has 2 N–H and O–H groups in total. The fraction of sp³-hybridized carbons (Fsp3) is 0.421. The van der Waals surface area contributed by atoms with E-state index in [1.54, 1.807) is 11.8 Å². The molecular weight excluding hydrogens is 316 g/mol. The number of piperidine rings is 1. The van der Waals surface area contributed by atoms with Crippen molar-refractivity contribution in [3.05, 3.63) is 42.2 Å². The van der Waals surface area contributed by atoms with Crippen molar-refractivity contribution in [1.29, 1.82) is 0 Å². The number of hydrogen-bond donors (Lipinski definition) is 2. The second-order valence-corrected chi connectivity index (χ2v) is 6.44. The number of carbonyl (C=O) groups excluding carboxylic acids is 2. The van der Waals surface area contributed by atoms with Crippen LogP contribution in [-0.2, 0) is 16.0 Å². The molecule has 2 heterocycles. The molecule has 0 unspecified atom stereocenters. The summed E-state index contributed by atoms with van der Waals surface area (Å²) in [6.07, 6.45) is 4.03. The summed E-state index contributed by atoms with van der Waals surface area (Å²) in [4.78, 5) is 33.1. The van der Waals surface area contributed by atoms with Crippen LogP contribution in [0.25, 0.3) is 11.4 Å². The fourth-order valence-electron chi connectivity index (χ4n) is 3.15. The number of H-pyrrole nitrogens is 1. The van der Waals surface area contributed by atoms with Crippen molar-refractivity contribution >= 4 is 11.8 Å². The van der Waals surface area contributed by atoms with Crippen LogP contribution in [0.15, 0.2) is 36.5 Å². The predicted molar refractivity (Wildman–Crippen MR) is 95.7 cm³/mol.